The highest BCUT2D eigenvalue weighted by Gasteiger charge is 2.25. The van der Waals surface area contributed by atoms with Crippen LogP contribution in [0.5, 0.6) is 5.75 Å². The molecule has 0 radical (unpaired) electrons. The van der Waals surface area contributed by atoms with Crippen molar-refractivity contribution < 1.29 is 17.9 Å². The van der Waals surface area contributed by atoms with Crippen LogP contribution in [0.4, 0.5) is 11.4 Å². The van der Waals surface area contributed by atoms with Crippen LogP contribution in [-0.4, -0.2) is 34.2 Å². The zero-order chi connectivity index (χ0) is 19.5. The Morgan fingerprint density at radius 1 is 1.19 bits per heavy atom. The number of hydrogen-bond donors (Lipinski definition) is 1. The highest BCUT2D eigenvalue weighted by molar-refractivity contribution is 7.92. The molecule has 140 valence electrons. The maximum absolute atomic E-state index is 12.4. The summed E-state index contributed by atoms with van der Waals surface area (Å²) in [5.41, 5.74) is 2.58. The van der Waals surface area contributed by atoms with Crippen LogP contribution in [0.3, 0.4) is 0 Å². The molecule has 26 heavy (non-hydrogen) atoms. The second-order valence-corrected chi connectivity index (χ2v) is 8.27. The topological polar surface area (TPSA) is 75.7 Å². The minimum Gasteiger partial charge on any atom is -0.494 e. The number of methoxy groups -OCH3 is 1. The molecule has 2 rings (SSSR count). The van der Waals surface area contributed by atoms with E-state index in [2.05, 4.69) is 5.32 Å². The molecule has 0 aliphatic carbocycles. The molecular formula is C18H21ClN2O4S. The molecule has 0 atom stereocenters. The first-order valence-electron chi connectivity index (χ1n) is 7.80. The van der Waals surface area contributed by atoms with Gasteiger partial charge in [-0.3, -0.25) is 9.10 Å². The zero-order valence-corrected chi connectivity index (χ0v) is 16.6. The Kier molecular flexibility index (Phi) is 6.15. The van der Waals surface area contributed by atoms with Crippen molar-refractivity contribution in [2.75, 3.05) is 29.5 Å². The van der Waals surface area contributed by atoms with Gasteiger partial charge in [0.25, 0.3) is 0 Å². The standard InChI is InChI=1S/C18H21ClN2O4S/c1-12-5-7-14(8-6-12)20-18(22)11-21(26(4,23)24)16-9-13(2)15(19)10-17(16)25-3/h5-10H,11H2,1-4H3,(H,20,22). The van der Waals surface area contributed by atoms with Crippen molar-refractivity contribution in [1.82, 2.24) is 0 Å². The number of rotatable bonds is 6. The molecule has 2 aromatic rings. The SMILES string of the molecule is COc1cc(Cl)c(C)cc1N(CC(=O)Nc1ccc(C)cc1)S(C)(=O)=O. The van der Waals surface area contributed by atoms with E-state index in [0.29, 0.717) is 16.3 Å². The number of hydrogen-bond acceptors (Lipinski definition) is 4. The first-order valence-corrected chi connectivity index (χ1v) is 10.0. The Morgan fingerprint density at radius 2 is 1.81 bits per heavy atom. The molecule has 0 spiro atoms. The van der Waals surface area contributed by atoms with E-state index in [1.54, 1.807) is 25.1 Å². The summed E-state index contributed by atoms with van der Waals surface area (Å²) in [6.07, 6.45) is 1.04. The van der Waals surface area contributed by atoms with Crippen LogP contribution in [0, 0.1) is 13.8 Å². The average Bonchev–Trinajstić information content (AvgIpc) is 2.56. The number of nitrogens with zero attached hydrogens (tertiary/aromatic N) is 1. The van der Waals surface area contributed by atoms with Crippen LogP contribution in [0.15, 0.2) is 36.4 Å². The Bertz CT molecular complexity index is 912. The molecule has 0 saturated carbocycles. The number of amides is 1. The lowest BCUT2D eigenvalue weighted by molar-refractivity contribution is -0.114. The van der Waals surface area contributed by atoms with Gasteiger partial charge in [-0.05, 0) is 37.6 Å². The molecule has 1 amide bonds. The van der Waals surface area contributed by atoms with Crippen molar-refractivity contribution in [3.63, 3.8) is 0 Å². The lowest BCUT2D eigenvalue weighted by atomic mass is 10.2. The van der Waals surface area contributed by atoms with Crippen LogP contribution < -0.4 is 14.4 Å². The second kappa shape index (κ2) is 7.97. The number of carbonyl (C=O) groups excluding carboxylic acids is 1. The fourth-order valence-corrected chi connectivity index (χ4v) is 3.36. The molecule has 0 aliphatic rings. The van der Waals surface area contributed by atoms with Crippen LogP contribution in [-0.2, 0) is 14.8 Å². The summed E-state index contributed by atoms with van der Waals surface area (Å²) < 4.78 is 30.8. The summed E-state index contributed by atoms with van der Waals surface area (Å²) in [5.74, 6) is -0.192. The van der Waals surface area contributed by atoms with Gasteiger partial charge in [0.2, 0.25) is 15.9 Å². The van der Waals surface area contributed by atoms with Gasteiger partial charge in [0.05, 0.1) is 19.1 Å². The summed E-state index contributed by atoms with van der Waals surface area (Å²) in [7, 11) is -2.31. The third kappa shape index (κ3) is 4.89. The number of aryl methyl sites for hydroxylation is 2. The number of sulfonamides is 1. The third-order valence-electron chi connectivity index (χ3n) is 3.75. The van der Waals surface area contributed by atoms with Gasteiger partial charge in [-0.2, -0.15) is 0 Å². The van der Waals surface area contributed by atoms with Gasteiger partial charge in [-0.15, -0.1) is 0 Å². The van der Waals surface area contributed by atoms with Gasteiger partial charge in [-0.25, -0.2) is 8.42 Å². The van der Waals surface area contributed by atoms with Crippen molar-refractivity contribution in [2.45, 2.75) is 13.8 Å². The molecule has 1 N–H and O–H groups in total. The lowest BCUT2D eigenvalue weighted by Gasteiger charge is -2.24. The Hall–Kier alpha value is -2.25. The summed E-state index contributed by atoms with van der Waals surface area (Å²) in [5, 5.41) is 3.14. The molecule has 0 fully saturated rings. The molecule has 0 heterocycles. The molecule has 0 aliphatic heterocycles. The van der Waals surface area contributed by atoms with Crippen LogP contribution in [0.25, 0.3) is 0 Å². The van der Waals surface area contributed by atoms with E-state index in [0.717, 1.165) is 16.1 Å². The monoisotopic (exact) mass is 396 g/mol. The highest BCUT2D eigenvalue weighted by Crippen LogP contribution is 2.35. The number of ether oxygens (including phenoxy) is 1. The minimum atomic E-state index is -3.72. The van der Waals surface area contributed by atoms with E-state index in [4.69, 9.17) is 16.3 Å². The van der Waals surface area contributed by atoms with E-state index < -0.39 is 15.9 Å². The maximum atomic E-state index is 12.4. The maximum Gasteiger partial charge on any atom is 0.245 e. The van der Waals surface area contributed by atoms with E-state index >= 15 is 0 Å². The second-order valence-electron chi connectivity index (χ2n) is 5.96. The van der Waals surface area contributed by atoms with Crippen molar-refractivity contribution in [1.29, 1.82) is 0 Å². The van der Waals surface area contributed by atoms with Crippen LogP contribution in [0.2, 0.25) is 5.02 Å². The molecule has 8 heteroatoms. The first kappa shape index (κ1) is 20.1. The van der Waals surface area contributed by atoms with E-state index in [1.165, 1.54) is 13.2 Å². The lowest BCUT2D eigenvalue weighted by Crippen LogP contribution is -2.37. The Morgan fingerprint density at radius 3 is 2.35 bits per heavy atom. The Balaban J connectivity index is 2.33. The third-order valence-corrected chi connectivity index (χ3v) is 5.29. The van der Waals surface area contributed by atoms with E-state index in [-0.39, 0.29) is 18.0 Å². The van der Waals surface area contributed by atoms with Gasteiger partial charge in [0, 0.05) is 16.8 Å². The predicted molar refractivity (Wildman–Crippen MR) is 105 cm³/mol. The van der Waals surface area contributed by atoms with Gasteiger partial charge >= 0.3 is 0 Å². The van der Waals surface area contributed by atoms with Gasteiger partial charge < -0.3 is 10.1 Å². The molecule has 0 saturated heterocycles. The Labute approximate surface area is 158 Å². The molecular weight excluding hydrogens is 376 g/mol. The summed E-state index contributed by atoms with van der Waals surface area (Å²) in [4.78, 5) is 12.4. The summed E-state index contributed by atoms with van der Waals surface area (Å²) in [6.45, 7) is 3.30. The van der Waals surface area contributed by atoms with Crippen LogP contribution >= 0.6 is 11.6 Å². The number of halogens is 1. The van der Waals surface area contributed by atoms with Gasteiger partial charge in [0.1, 0.15) is 12.3 Å². The fraction of sp³-hybridized carbons (Fsp3) is 0.278. The van der Waals surface area contributed by atoms with E-state index in [1.807, 2.05) is 19.1 Å². The van der Waals surface area contributed by atoms with Crippen molar-refractivity contribution in [3.8, 4) is 5.75 Å². The van der Waals surface area contributed by atoms with Crippen LogP contribution in [0.1, 0.15) is 11.1 Å². The number of anilines is 2. The van der Waals surface area contributed by atoms with Crippen molar-refractivity contribution in [2.24, 2.45) is 0 Å². The molecule has 0 aromatic heterocycles. The number of benzene rings is 2. The molecule has 2 aromatic carbocycles. The fourth-order valence-electron chi connectivity index (χ4n) is 2.36. The summed E-state index contributed by atoms with van der Waals surface area (Å²) in [6, 6.07) is 10.3. The minimum absolute atomic E-state index is 0.260. The van der Waals surface area contributed by atoms with Gasteiger partial charge in [0.15, 0.2) is 0 Å². The van der Waals surface area contributed by atoms with E-state index in [9.17, 15) is 13.2 Å². The number of nitrogens with one attached hydrogen (secondary N) is 1. The van der Waals surface area contributed by atoms with Crippen molar-refractivity contribution in [3.05, 3.63) is 52.5 Å². The average molecular weight is 397 g/mol. The molecule has 0 unspecified atom stereocenters. The molecule has 6 nitrogen and oxygen atoms in total. The normalized spacial score (nSPS) is 11.1. The first-order chi connectivity index (χ1) is 12.1. The largest absolute Gasteiger partial charge is 0.494 e. The number of carbonyl (C=O) groups is 1. The molecule has 0 bridgehead atoms. The van der Waals surface area contributed by atoms with Gasteiger partial charge in [-0.1, -0.05) is 29.3 Å². The zero-order valence-electron chi connectivity index (χ0n) is 15.0. The smallest absolute Gasteiger partial charge is 0.245 e. The summed E-state index contributed by atoms with van der Waals surface area (Å²) >= 11 is 6.08. The highest BCUT2D eigenvalue weighted by atomic mass is 35.5. The van der Waals surface area contributed by atoms with Crippen molar-refractivity contribution >= 4 is 38.9 Å². The quantitative estimate of drug-likeness (QED) is 0.812. The predicted octanol–water partition coefficient (Wildman–Crippen LogP) is 3.37.